The minimum atomic E-state index is -1.98. The van der Waals surface area contributed by atoms with Gasteiger partial charge in [-0.2, -0.15) is 0 Å². The molecule has 15 N–H and O–H groups in total. The van der Waals surface area contributed by atoms with Crippen LogP contribution in [0.3, 0.4) is 0 Å². The van der Waals surface area contributed by atoms with Crippen molar-refractivity contribution in [3.63, 3.8) is 0 Å². The summed E-state index contributed by atoms with van der Waals surface area (Å²) in [4.78, 5) is 0. The molecule has 0 aromatic rings. The smallest absolute Gasteiger partial charge is 0.187 e. The van der Waals surface area contributed by atoms with Crippen LogP contribution in [0.2, 0.25) is 0 Å². The van der Waals surface area contributed by atoms with E-state index < -0.39 is 143 Å². The van der Waals surface area contributed by atoms with Crippen LogP contribution in [0.1, 0.15) is 0 Å². The van der Waals surface area contributed by atoms with Gasteiger partial charge in [-0.1, -0.05) is 6.08 Å². The van der Waals surface area contributed by atoms with Crippen molar-refractivity contribution in [3.8, 4) is 0 Å². The van der Waals surface area contributed by atoms with Crippen LogP contribution in [0.5, 0.6) is 0 Å². The van der Waals surface area contributed by atoms with Gasteiger partial charge in [0.05, 0.1) is 38.5 Å². The molecule has 0 radical (unpaired) electrons. The van der Waals surface area contributed by atoms with Gasteiger partial charge in [0.2, 0.25) is 0 Å². The Morgan fingerprint density at radius 2 is 1.04 bits per heavy atom. The van der Waals surface area contributed by atoms with Gasteiger partial charge in [-0.25, -0.2) is 0 Å². The van der Waals surface area contributed by atoms with E-state index >= 15 is 0 Å². The Labute approximate surface area is 255 Å². The molecule has 3 heterocycles. The van der Waals surface area contributed by atoms with Crippen LogP contribution in [0, 0.1) is 0 Å². The van der Waals surface area contributed by atoms with Crippen LogP contribution >= 0.6 is 0 Å². The maximum absolute atomic E-state index is 10.9. The minimum absolute atomic E-state index is 0.0350. The summed E-state index contributed by atoms with van der Waals surface area (Å²) in [5.74, 6) is 0. The summed E-state index contributed by atoms with van der Waals surface area (Å²) in [6, 6.07) is -2.51. The molecular weight excluding hydrogens is 618 g/mol. The molecule has 0 aromatic heterocycles. The Hall–Kier alpha value is -1.06. The highest BCUT2D eigenvalue weighted by atomic mass is 16.7. The molecule has 0 saturated carbocycles. The first-order valence-corrected chi connectivity index (χ1v) is 14.3. The monoisotopic (exact) mass is 661 g/mol. The van der Waals surface area contributed by atoms with E-state index in [9.17, 15) is 71.5 Å². The number of rotatable bonds is 10. The molecule has 20 nitrogen and oxygen atoms in total. The van der Waals surface area contributed by atoms with Crippen molar-refractivity contribution in [2.45, 2.75) is 116 Å². The van der Waals surface area contributed by atoms with Crippen LogP contribution in [-0.4, -0.2) is 214 Å². The summed E-state index contributed by atoms with van der Waals surface area (Å²) in [6.07, 6.45) is -28.1. The minimum Gasteiger partial charge on any atom is -0.394 e. The molecule has 3 aliphatic heterocycles. The molecule has 0 aromatic carbocycles. The van der Waals surface area contributed by atoms with Crippen molar-refractivity contribution in [1.29, 1.82) is 0 Å². The fourth-order valence-electron chi connectivity index (χ4n) is 5.85. The standard InChI is InChI=1S/C25H43NO19/c27-2-6-1-7(13(32)15(34)12(6)31)26-11-8(3-28)42-24(19(38)14(11)33)45-22-10(5-30)43-25(20(39)17(22)36)44-21-9(4-29)41-23(40)18(37)16(21)35/h1,7-40H,2-5H2. The van der Waals surface area contributed by atoms with Gasteiger partial charge < -0.3 is 100 Å². The topological polar surface area (TPSA) is 341 Å². The Kier molecular flexibility index (Phi) is 12.6. The molecule has 4 aliphatic rings. The summed E-state index contributed by atoms with van der Waals surface area (Å²) in [5, 5.41) is 146. The first-order valence-electron chi connectivity index (χ1n) is 14.3. The lowest BCUT2D eigenvalue weighted by molar-refractivity contribution is -0.374. The summed E-state index contributed by atoms with van der Waals surface area (Å²) in [6.45, 7) is -3.13. The predicted octanol–water partition coefficient (Wildman–Crippen LogP) is -9.59. The Balaban J connectivity index is 1.45. The van der Waals surface area contributed by atoms with Gasteiger partial charge in [0.25, 0.3) is 0 Å². The molecule has 19 unspecified atom stereocenters. The third kappa shape index (κ3) is 7.35. The van der Waals surface area contributed by atoms with Gasteiger partial charge in [0.1, 0.15) is 85.5 Å². The second-order valence-electron chi connectivity index (χ2n) is 11.4. The summed E-state index contributed by atoms with van der Waals surface area (Å²) in [7, 11) is 0. The van der Waals surface area contributed by atoms with Crippen LogP contribution in [-0.2, 0) is 23.7 Å². The lowest BCUT2D eigenvalue weighted by Crippen LogP contribution is -2.69. The zero-order valence-corrected chi connectivity index (χ0v) is 23.7. The summed E-state index contributed by atoms with van der Waals surface area (Å²) in [5.41, 5.74) is -0.0350. The molecule has 45 heavy (non-hydrogen) atoms. The van der Waals surface area contributed by atoms with Gasteiger partial charge in [0.15, 0.2) is 18.9 Å². The molecule has 20 heteroatoms. The SMILES string of the molecule is OCC1=CC(NC2C(CO)OC(OC3C(CO)OC(OC4C(CO)OC(O)C(O)C4O)C(O)C3O)C(O)C2O)C(O)C(O)C1O. The first-order chi connectivity index (χ1) is 21.3. The molecule has 0 spiro atoms. The molecule has 262 valence electrons. The van der Waals surface area contributed by atoms with E-state index in [0.29, 0.717) is 0 Å². The molecule has 1 aliphatic carbocycles. The Morgan fingerprint density at radius 3 is 1.58 bits per heavy atom. The highest BCUT2D eigenvalue weighted by Gasteiger charge is 2.54. The molecule has 3 saturated heterocycles. The highest BCUT2D eigenvalue weighted by Crippen LogP contribution is 2.32. The zero-order chi connectivity index (χ0) is 33.3. The van der Waals surface area contributed by atoms with Crippen molar-refractivity contribution in [2.75, 3.05) is 26.4 Å². The number of aliphatic hydroxyl groups is 14. The van der Waals surface area contributed by atoms with E-state index in [-0.39, 0.29) is 5.57 Å². The Bertz CT molecular complexity index is 973. The van der Waals surface area contributed by atoms with Crippen molar-refractivity contribution in [3.05, 3.63) is 11.6 Å². The average molecular weight is 662 g/mol. The van der Waals surface area contributed by atoms with Gasteiger partial charge in [-0.3, -0.25) is 0 Å². The third-order valence-electron chi connectivity index (χ3n) is 8.51. The summed E-state index contributed by atoms with van der Waals surface area (Å²) >= 11 is 0. The largest absolute Gasteiger partial charge is 0.394 e. The van der Waals surface area contributed by atoms with Gasteiger partial charge >= 0.3 is 0 Å². The number of nitrogens with one attached hydrogen (secondary N) is 1. The van der Waals surface area contributed by atoms with E-state index in [4.69, 9.17) is 23.7 Å². The fourth-order valence-corrected chi connectivity index (χ4v) is 5.85. The van der Waals surface area contributed by atoms with Crippen LogP contribution in [0.4, 0.5) is 0 Å². The first kappa shape index (κ1) is 36.8. The van der Waals surface area contributed by atoms with Crippen molar-refractivity contribution < 1.29 is 95.2 Å². The molecular formula is C25H43NO19. The van der Waals surface area contributed by atoms with E-state index in [1.54, 1.807) is 0 Å². The average Bonchev–Trinajstić information content (AvgIpc) is 3.03. The molecule has 4 rings (SSSR count). The maximum Gasteiger partial charge on any atom is 0.187 e. The van der Waals surface area contributed by atoms with E-state index in [1.807, 2.05) is 0 Å². The predicted molar refractivity (Wildman–Crippen MR) is 139 cm³/mol. The second kappa shape index (κ2) is 15.4. The van der Waals surface area contributed by atoms with Gasteiger partial charge in [-0.05, 0) is 5.57 Å². The summed E-state index contributed by atoms with van der Waals surface area (Å²) < 4.78 is 27.2. The molecule has 0 amide bonds. The van der Waals surface area contributed by atoms with Crippen LogP contribution in [0.25, 0.3) is 0 Å². The number of aliphatic hydroxyl groups excluding tert-OH is 14. The normalized spacial score (nSPS) is 51.2. The number of ether oxygens (including phenoxy) is 5. The quantitative estimate of drug-likeness (QED) is 0.0966. The number of hydrogen-bond acceptors (Lipinski definition) is 20. The maximum atomic E-state index is 10.9. The van der Waals surface area contributed by atoms with Crippen molar-refractivity contribution >= 4 is 0 Å². The second-order valence-corrected chi connectivity index (χ2v) is 11.4. The van der Waals surface area contributed by atoms with Crippen molar-refractivity contribution in [1.82, 2.24) is 5.32 Å². The van der Waals surface area contributed by atoms with Crippen LogP contribution in [0.15, 0.2) is 11.6 Å². The Morgan fingerprint density at radius 1 is 0.556 bits per heavy atom. The molecule has 19 atom stereocenters. The molecule has 3 fully saturated rings. The van der Waals surface area contributed by atoms with Gasteiger partial charge in [-0.15, -0.1) is 0 Å². The molecule has 0 bridgehead atoms. The lowest BCUT2D eigenvalue weighted by atomic mass is 9.86. The van der Waals surface area contributed by atoms with Crippen molar-refractivity contribution in [2.24, 2.45) is 0 Å². The third-order valence-corrected chi connectivity index (χ3v) is 8.51. The zero-order valence-electron chi connectivity index (χ0n) is 23.7. The lowest BCUT2D eigenvalue weighted by Gasteiger charge is -2.49. The van der Waals surface area contributed by atoms with E-state index in [1.165, 1.54) is 6.08 Å². The van der Waals surface area contributed by atoms with E-state index in [0.717, 1.165) is 0 Å². The van der Waals surface area contributed by atoms with Crippen LogP contribution < -0.4 is 5.32 Å². The fraction of sp³-hybridized carbons (Fsp3) is 0.920. The number of hydrogen-bond donors (Lipinski definition) is 15. The van der Waals surface area contributed by atoms with E-state index in [2.05, 4.69) is 5.32 Å². The highest BCUT2D eigenvalue weighted by molar-refractivity contribution is 5.22. The van der Waals surface area contributed by atoms with Gasteiger partial charge in [0, 0.05) is 0 Å².